The van der Waals surface area contributed by atoms with E-state index in [4.69, 9.17) is 21.1 Å². The molecule has 8 heteroatoms. The van der Waals surface area contributed by atoms with Gasteiger partial charge in [-0.3, -0.25) is 9.59 Å². The molecule has 1 saturated heterocycles. The Bertz CT molecular complexity index is 815. The van der Waals surface area contributed by atoms with Gasteiger partial charge in [-0.2, -0.15) is 0 Å². The first-order valence-corrected chi connectivity index (χ1v) is 10.1. The van der Waals surface area contributed by atoms with E-state index >= 15 is 0 Å². The Morgan fingerprint density at radius 2 is 1.86 bits per heavy atom. The number of hydrogen-bond acceptors (Lipinski definition) is 5. The molecular weight excluding hydrogens is 396 g/mol. The van der Waals surface area contributed by atoms with Gasteiger partial charge in [0.25, 0.3) is 0 Å². The lowest BCUT2D eigenvalue weighted by atomic mass is 9.83. The Balaban J connectivity index is 1.91. The highest BCUT2D eigenvalue weighted by molar-refractivity contribution is 6.30. The predicted octanol–water partition coefficient (Wildman–Crippen LogP) is 2.35. The normalized spacial score (nSPS) is 20.1. The number of rotatable bonds is 5. The van der Waals surface area contributed by atoms with E-state index in [1.165, 1.54) is 4.90 Å². The van der Waals surface area contributed by atoms with Gasteiger partial charge in [-0.25, -0.2) is 4.79 Å². The van der Waals surface area contributed by atoms with Crippen LogP contribution in [0.25, 0.3) is 0 Å². The molecule has 0 saturated carbocycles. The molecule has 1 aromatic rings. The maximum atomic E-state index is 12.9. The zero-order chi connectivity index (χ0) is 21.0. The summed E-state index contributed by atoms with van der Waals surface area (Å²) in [5, 5.41) is 0.576. The molecule has 2 aliphatic heterocycles. The molecule has 0 N–H and O–H groups in total. The summed E-state index contributed by atoms with van der Waals surface area (Å²) in [7, 11) is 0. The van der Waals surface area contributed by atoms with Gasteiger partial charge in [0, 0.05) is 36.1 Å². The quantitative estimate of drug-likeness (QED) is 0.683. The van der Waals surface area contributed by atoms with Crippen LogP contribution in [0.2, 0.25) is 5.02 Å². The fourth-order valence-electron chi connectivity index (χ4n) is 3.70. The molecule has 3 rings (SSSR count). The van der Waals surface area contributed by atoms with Crippen molar-refractivity contribution in [3.05, 3.63) is 46.1 Å². The molecule has 0 aromatic heterocycles. The molecule has 1 fully saturated rings. The molecule has 0 aliphatic carbocycles. The minimum absolute atomic E-state index is 0.0868. The van der Waals surface area contributed by atoms with Crippen LogP contribution in [0.3, 0.4) is 0 Å². The van der Waals surface area contributed by atoms with Crippen molar-refractivity contribution < 1.29 is 23.9 Å². The third-order valence-corrected chi connectivity index (χ3v) is 5.50. The molecule has 0 radical (unpaired) electrons. The van der Waals surface area contributed by atoms with Crippen molar-refractivity contribution in [3.8, 4) is 0 Å². The van der Waals surface area contributed by atoms with Crippen molar-refractivity contribution in [1.29, 1.82) is 0 Å². The largest absolute Gasteiger partial charge is 0.463 e. The predicted molar refractivity (Wildman–Crippen MR) is 107 cm³/mol. The molecule has 1 aromatic carbocycles. The number of ether oxygens (including phenoxy) is 2. The zero-order valence-electron chi connectivity index (χ0n) is 16.7. The Morgan fingerprint density at radius 3 is 2.48 bits per heavy atom. The van der Waals surface area contributed by atoms with E-state index < -0.39 is 11.9 Å². The molecule has 156 valence electrons. The van der Waals surface area contributed by atoms with Crippen LogP contribution in [0.15, 0.2) is 35.5 Å². The van der Waals surface area contributed by atoms with E-state index in [0.29, 0.717) is 42.6 Å². The molecule has 29 heavy (non-hydrogen) atoms. The van der Waals surface area contributed by atoms with Crippen LogP contribution >= 0.6 is 11.6 Å². The summed E-state index contributed by atoms with van der Waals surface area (Å²) in [6.07, 6.45) is 0.0868. The standard InChI is InChI=1S/C21H25ClN2O5/c1-3-29-21(27)20-14(2)24(13-19(26)23-8-10-28-11-9-23)18(25)12-17(20)15-4-6-16(22)7-5-15/h4-7,17H,3,8-13H2,1-2H3/t17-/m0/s1. The SMILES string of the molecule is CCOC(=O)C1=C(C)N(CC(=O)N2CCOCC2)C(=O)C[C@H]1c1ccc(Cl)cc1. The first-order valence-electron chi connectivity index (χ1n) is 9.71. The number of morpholine rings is 1. The number of hydrogen-bond donors (Lipinski definition) is 0. The first kappa shape index (κ1) is 21.3. The lowest BCUT2D eigenvalue weighted by Gasteiger charge is -2.36. The molecule has 0 spiro atoms. The first-order chi connectivity index (χ1) is 13.9. The van der Waals surface area contributed by atoms with E-state index in [2.05, 4.69) is 0 Å². The third kappa shape index (κ3) is 4.79. The monoisotopic (exact) mass is 420 g/mol. The summed E-state index contributed by atoms with van der Waals surface area (Å²) in [5.41, 5.74) is 1.68. The van der Waals surface area contributed by atoms with Crippen molar-refractivity contribution in [3.63, 3.8) is 0 Å². The number of carbonyl (C=O) groups excluding carboxylic acids is 3. The van der Waals surface area contributed by atoms with E-state index in [9.17, 15) is 14.4 Å². The summed E-state index contributed by atoms with van der Waals surface area (Å²) in [6.45, 7) is 5.54. The number of carbonyl (C=O) groups is 3. The minimum Gasteiger partial charge on any atom is -0.463 e. The van der Waals surface area contributed by atoms with Gasteiger partial charge in [0.15, 0.2) is 0 Å². The number of nitrogens with zero attached hydrogens (tertiary/aromatic N) is 2. The Labute approximate surface area is 175 Å². The molecule has 2 heterocycles. The molecule has 1 atom stereocenters. The number of amides is 2. The van der Waals surface area contributed by atoms with Crippen LogP contribution in [0.1, 0.15) is 31.7 Å². The summed E-state index contributed by atoms with van der Waals surface area (Å²) >= 11 is 5.98. The van der Waals surface area contributed by atoms with Gasteiger partial charge >= 0.3 is 5.97 Å². The highest BCUT2D eigenvalue weighted by Gasteiger charge is 2.38. The number of halogens is 1. The van der Waals surface area contributed by atoms with Gasteiger partial charge in [0.05, 0.1) is 25.4 Å². The van der Waals surface area contributed by atoms with Gasteiger partial charge in [0.2, 0.25) is 11.8 Å². The maximum absolute atomic E-state index is 12.9. The molecular formula is C21H25ClN2O5. The van der Waals surface area contributed by atoms with Crippen molar-refractivity contribution in [1.82, 2.24) is 9.80 Å². The van der Waals surface area contributed by atoms with Crippen LogP contribution < -0.4 is 0 Å². The number of benzene rings is 1. The van der Waals surface area contributed by atoms with Crippen molar-refractivity contribution in [2.24, 2.45) is 0 Å². The van der Waals surface area contributed by atoms with Gasteiger partial charge < -0.3 is 19.3 Å². The van der Waals surface area contributed by atoms with Crippen LogP contribution in [-0.2, 0) is 23.9 Å². The average Bonchev–Trinajstić information content (AvgIpc) is 2.72. The third-order valence-electron chi connectivity index (χ3n) is 5.25. The van der Waals surface area contributed by atoms with Gasteiger partial charge in [0.1, 0.15) is 6.54 Å². The highest BCUT2D eigenvalue weighted by atomic mass is 35.5. The fourth-order valence-corrected chi connectivity index (χ4v) is 3.83. The van der Waals surface area contributed by atoms with Crippen LogP contribution in [0.5, 0.6) is 0 Å². The van der Waals surface area contributed by atoms with Crippen molar-refractivity contribution >= 4 is 29.4 Å². The molecule has 0 unspecified atom stereocenters. The van der Waals surface area contributed by atoms with Crippen LogP contribution in [0, 0.1) is 0 Å². The fraction of sp³-hybridized carbons (Fsp3) is 0.476. The molecule has 0 bridgehead atoms. The Hall–Kier alpha value is -2.38. The van der Waals surface area contributed by atoms with Gasteiger partial charge in [-0.05, 0) is 31.5 Å². The molecule has 7 nitrogen and oxygen atoms in total. The lowest BCUT2D eigenvalue weighted by molar-refractivity contribution is -0.144. The van der Waals surface area contributed by atoms with Gasteiger partial charge in [-0.15, -0.1) is 0 Å². The van der Waals surface area contributed by atoms with Crippen molar-refractivity contribution in [2.45, 2.75) is 26.2 Å². The summed E-state index contributed by atoms with van der Waals surface area (Å²) in [5.74, 6) is -1.26. The number of esters is 1. The second kappa shape index (κ2) is 9.41. The van der Waals surface area contributed by atoms with Crippen molar-refractivity contribution in [2.75, 3.05) is 39.5 Å². The zero-order valence-corrected chi connectivity index (χ0v) is 17.4. The maximum Gasteiger partial charge on any atom is 0.336 e. The van der Waals surface area contributed by atoms with E-state index in [0.717, 1.165) is 5.56 Å². The Kier molecular flexibility index (Phi) is 6.92. The summed E-state index contributed by atoms with van der Waals surface area (Å²) in [6, 6.07) is 7.07. The van der Waals surface area contributed by atoms with Crippen LogP contribution in [-0.4, -0.2) is 67.0 Å². The van der Waals surface area contributed by atoms with E-state index in [1.807, 2.05) is 0 Å². The minimum atomic E-state index is -0.471. The highest BCUT2D eigenvalue weighted by Crippen LogP contribution is 2.37. The second-order valence-corrected chi connectivity index (χ2v) is 7.44. The lowest BCUT2D eigenvalue weighted by Crippen LogP contribution is -2.48. The summed E-state index contributed by atoms with van der Waals surface area (Å²) in [4.78, 5) is 41.4. The summed E-state index contributed by atoms with van der Waals surface area (Å²) < 4.78 is 10.5. The second-order valence-electron chi connectivity index (χ2n) is 7.00. The average molecular weight is 421 g/mol. The topological polar surface area (TPSA) is 76.2 Å². The van der Waals surface area contributed by atoms with E-state index in [1.54, 1.807) is 43.0 Å². The van der Waals surface area contributed by atoms with Crippen LogP contribution in [0.4, 0.5) is 0 Å². The number of allylic oxidation sites excluding steroid dienone is 1. The smallest absolute Gasteiger partial charge is 0.336 e. The van der Waals surface area contributed by atoms with Gasteiger partial charge in [-0.1, -0.05) is 23.7 Å². The van der Waals surface area contributed by atoms with E-state index in [-0.39, 0.29) is 31.4 Å². The Morgan fingerprint density at radius 1 is 1.21 bits per heavy atom. The molecule has 2 amide bonds. The molecule has 2 aliphatic rings.